The van der Waals surface area contributed by atoms with Crippen LogP contribution in [0.15, 0.2) is 60.2 Å². The van der Waals surface area contributed by atoms with Crippen LogP contribution in [0.1, 0.15) is 56.4 Å². The third kappa shape index (κ3) is 2.86. The molecule has 5 unspecified atom stereocenters. The van der Waals surface area contributed by atoms with Gasteiger partial charge in [-0.15, -0.1) is 0 Å². The number of hydrogen-bond donors (Lipinski definition) is 2. The summed E-state index contributed by atoms with van der Waals surface area (Å²) in [6.07, 6.45) is 6.11. The summed E-state index contributed by atoms with van der Waals surface area (Å²) >= 11 is 0. The molecule has 7 rings (SSSR count). The normalized spacial score (nSPS) is 33.7. The van der Waals surface area contributed by atoms with Crippen LogP contribution in [0.4, 0.5) is 5.69 Å². The summed E-state index contributed by atoms with van der Waals surface area (Å²) in [4.78, 5) is 9.11. The SMILES string of the molecule is CC1=CC2C(C(c3[nH]c4ccccc4c3CCN(C)C)C34CCN(C)C23Nc2ccccc24)C(C)(C)C1. The predicted octanol–water partition coefficient (Wildman–Crippen LogP) is 6.37. The quantitative estimate of drug-likeness (QED) is 0.414. The zero-order chi connectivity index (χ0) is 25.7. The lowest BCUT2D eigenvalue weighted by molar-refractivity contribution is 0.0869. The van der Waals surface area contributed by atoms with Gasteiger partial charge in [0.05, 0.1) is 0 Å². The fraction of sp³-hybridized carbons (Fsp3) is 0.515. The second-order valence-corrected chi connectivity index (χ2v) is 13.4. The van der Waals surface area contributed by atoms with Crippen LogP contribution in [-0.2, 0) is 11.8 Å². The number of nitrogens with zero attached hydrogens (tertiary/aromatic N) is 2. The van der Waals surface area contributed by atoms with Crippen LogP contribution in [0, 0.1) is 17.3 Å². The minimum atomic E-state index is -0.0961. The Bertz CT molecular complexity index is 1410. The molecule has 37 heavy (non-hydrogen) atoms. The lowest BCUT2D eigenvalue weighted by Gasteiger charge is -2.47. The Morgan fingerprint density at radius 3 is 2.62 bits per heavy atom. The van der Waals surface area contributed by atoms with Crippen LogP contribution < -0.4 is 5.32 Å². The summed E-state index contributed by atoms with van der Waals surface area (Å²) in [5.74, 6) is 1.42. The highest BCUT2D eigenvalue weighted by molar-refractivity contribution is 5.85. The maximum absolute atomic E-state index is 4.23. The number of likely N-dealkylation sites (tertiary alicyclic amines) is 1. The van der Waals surface area contributed by atoms with Crippen LogP contribution in [0.2, 0.25) is 0 Å². The van der Waals surface area contributed by atoms with Crippen molar-refractivity contribution in [3.63, 3.8) is 0 Å². The molecular weight excluding hydrogens is 452 g/mol. The molecule has 0 bridgehead atoms. The van der Waals surface area contributed by atoms with Crippen molar-refractivity contribution in [3.8, 4) is 0 Å². The van der Waals surface area contributed by atoms with Crippen LogP contribution in [0.3, 0.4) is 0 Å². The standard InChI is InChI=1S/C33H42N4/c1-21-19-25-28(31(2,3)20-21)29(30-23(15-17-36(4)5)22-11-7-9-13-26(22)34-30)32-16-18-37(6)33(25,32)35-27-14-10-8-12-24(27)32/h7-14,19,25,28-29,34-35H,15-18,20H2,1-6H3. The molecule has 5 atom stereocenters. The van der Waals surface area contributed by atoms with Crippen LogP contribution in [-0.4, -0.2) is 54.7 Å². The van der Waals surface area contributed by atoms with Crippen LogP contribution in [0.5, 0.6) is 0 Å². The fourth-order valence-electron chi connectivity index (χ4n) is 9.63. The number of para-hydroxylation sites is 2. The maximum Gasteiger partial charge on any atom is 0.108 e. The van der Waals surface area contributed by atoms with E-state index in [0.717, 1.165) is 19.5 Å². The van der Waals surface area contributed by atoms with E-state index in [9.17, 15) is 0 Å². The Morgan fingerprint density at radius 2 is 1.81 bits per heavy atom. The molecular formula is C33H42N4. The van der Waals surface area contributed by atoms with Crippen molar-refractivity contribution in [2.45, 2.75) is 57.0 Å². The van der Waals surface area contributed by atoms with Crippen LogP contribution >= 0.6 is 0 Å². The zero-order valence-electron chi connectivity index (χ0n) is 23.4. The third-order valence-corrected chi connectivity index (χ3v) is 10.7. The summed E-state index contributed by atoms with van der Waals surface area (Å²) in [6.45, 7) is 9.65. The van der Waals surface area contributed by atoms with Crippen LogP contribution in [0.25, 0.3) is 10.9 Å². The number of rotatable bonds is 4. The second-order valence-electron chi connectivity index (χ2n) is 13.4. The van der Waals surface area contributed by atoms with Crippen molar-refractivity contribution >= 4 is 16.6 Å². The van der Waals surface area contributed by atoms with E-state index in [4.69, 9.17) is 0 Å². The lowest BCUT2D eigenvalue weighted by Crippen LogP contribution is -2.59. The average molecular weight is 495 g/mol. The molecule has 4 heteroatoms. The molecule has 4 nitrogen and oxygen atoms in total. The van der Waals surface area contributed by atoms with Gasteiger partial charge in [-0.25, -0.2) is 0 Å². The Morgan fingerprint density at radius 1 is 1.05 bits per heavy atom. The summed E-state index contributed by atoms with van der Waals surface area (Å²) in [5, 5.41) is 5.65. The number of aromatic nitrogens is 1. The molecule has 0 radical (unpaired) electrons. The van der Waals surface area contributed by atoms with Gasteiger partial charge in [-0.2, -0.15) is 0 Å². The molecule has 3 heterocycles. The first-order valence-electron chi connectivity index (χ1n) is 14.2. The van der Waals surface area contributed by atoms with E-state index in [1.807, 2.05) is 0 Å². The Kier molecular flexibility index (Phi) is 4.92. The average Bonchev–Trinajstić information content (AvgIpc) is 3.51. The number of aromatic amines is 1. The van der Waals surface area contributed by atoms with Gasteiger partial charge in [-0.1, -0.05) is 61.9 Å². The van der Waals surface area contributed by atoms with Gasteiger partial charge in [0.25, 0.3) is 0 Å². The highest BCUT2D eigenvalue weighted by atomic mass is 15.4. The molecule has 2 fully saturated rings. The van der Waals surface area contributed by atoms with Crippen molar-refractivity contribution in [1.82, 2.24) is 14.8 Å². The first-order valence-corrected chi connectivity index (χ1v) is 14.2. The lowest BCUT2D eigenvalue weighted by atomic mass is 9.59. The molecule has 194 valence electrons. The fourth-order valence-corrected chi connectivity index (χ4v) is 9.63. The van der Waals surface area contributed by atoms with E-state index in [2.05, 4.69) is 117 Å². The highest BCUT2D eigenvalue weighted by Crippen LogP contribution is 2.75. The van der Waals surface area contributed by atoms with Gasteiger partial charge in [0.1, 0.15) is 5.66 Å². The second kappa shape index (κ2) is 7.74. The van der Waals surface area contributed by atoms with E-state index < -0.39 is 0 Å². The first-order chi connectivity index (χ1) is 17.7. The summed E-state index contributed by atoms with van der Waals surface area (Å²) in [7, 11) is 6.78. The largest absolute Gasteiger partial charge is 0.366 e. The Hall–Kier alpha value is -2.56. The van der Waals surface area contributed by atoms with Gasteiger partial charge in [0.2, 0.25) is 0 Å². The molecule has 1 aromatic heterocycles. The molecule has 4 aliphatic rings. The van der Waals surface area contributed by atoms with Gasteiger partial charge in [0.15, 0.2) is 0 Å². The molecule has 2 N–H and O–H groups in total. The summed E-state index contributed by atoms with van der Waals surface area (Å²) in [6, 6.07) is 18.3. The number of nitrogens with one attached hydrogen (secondary N) is 2. The van der Waals surface area contributed by atoms with Gasteiger partial charge in [-0.3, -0.25) is 4.90 Å². The number of allylic oxidation sites excluding steroid dienone is 1. The number of fused-ring (bicyclic) bond motifs is 3. The monoisotopic (exact) mass is 494 g/mol. The molecule has 2 aromatic carbocycles. The summed E-state index contributed by atoms with van der Waals surface area (Å²) in [5.41, 5.74) is 8.93. The van der Waals surface area contributed by atoms with Gasteiger partial charge in [0, 0.05) is 52.6 Å². The van der Waals surface area contributed by atoms with Crippen molar-refractivity contribution in [2.24, 2.45) is 17.3 Å². The van der Waals surface area contributed by atoms with Crippen molar-refractivity contribution < 1.29 is 0 Å². The number of likely N-dealkylation sites (N-methyl/N-ethyl adjacent to an activating group) is 2. The molecule has 1 saturated heterocycles. The smallest absolute Gasteiger partial charge is 0.108 e. The van der Waals surface area contributed by atoms with E-state index in [-0.39, 0.29) is 16.5 Å². The van der Waals surface area contributed by atoms with Gasteiger partial charge < -0.3 is 15.2 Å². The highest BCUT2D eigenvalue weighted by Gasteiger charge is 2.78. The number of anilines is 1. The van der Waals surface area contributed by atoms with E-state index in [1.54, 1.807) is 11.1 Å². The predicted molar refractivity (Wildman–Crippen MR) is 154 cm³/mol. The molecule has 1 saturated carbocycles. The van der Waals surface area contributed by atoms with Crippen molar-refractivity contribution in [2.75, 3.05) is 39.5 Å². The number of H-pyrrole nitrogens is 1. The van der Waals surface area contributed by atoms with Crippen molar-refractivity contribution in [3.05, 3.63) is 77.0 Å². The molecule has 3 aromatic rings. The van der Waals surface area contributed by atoms with E-state index >= 15 is 0 Å². The van der Waals surface area contributed by atoms with Gasteiger partial charge in [-0.05, 0) is 81.9 Å². The third-order valence-electron chi connectivity index (χ3n) is 10.7. The number of benzene rings is 2. The van der Waals surface area contributed by atoms with E-state index in [1.165, 1.54) is 40.7 Å². The van der Waals surface area contributed by atoms with E-state index in [0.29, 0.717) is 17.8 Å². The van der Waals surface area contributed by atoms with Gasteiger partial charge >= 0.3 is 0 Å². The molecule has 0 amide bonds. The Labute approximate surface area is 222 Å². The Balaban J connectivity index is 1.56. The maximum atomic E-state index is 4.23. The molecule has 2 aliphatic carbocycles. The van der Waals surface area contributed by atoms with Crippen molar-refractivity contribution in [1.29, 1.82) is 0 Å². The minimum Gasteiger partial charge on any atom is -0.366 e. The topological polar surface area (TPSA) is 34.3 Å². The first kappa shape index (κ1) is 23.5. The molecule has 2 aliphatic heterocycles. The molecule has 0 spiro atoms. The number of hydrogen-bond acceptors (Lipinski definition) is 3. The zero-order valence-corrected chi connectivity index (χ0v) is 23.4. The minimum absolute atomic E-state index is 0.0276. The summed E-state index contributed by atoms with van der Waals surface area (Å²) < 4.78 is 0.